The van der Waals surface area contributed by atoms with Crippen molar-refractivity contribution in [2.75, 3.05) is 0 Å². The summed E-state index contributed by atoms with van der Waals surface area (Å²) in [5.41, 5.74) is 2.57. The maximum Gasteiger partial charge on any atom is 0.281 e. The van der Waals surface area contributed by atoms with Crippen molar-refractivity contribution in [2.24, 2.45) is 0 Å². The van der Waals surface area contributed by atoms with Crippen LogP contribution in [0, 0.1) is 0 Å². The Hall–Kier alpha value is 0.324. The summed E-state index contributed by atoms with van der Waals surface area (Å²) in [4.78, 5) is 0. The zero-order chi connectivity index (χ0) is 16.5. The molecule has 1 unspecified atom stereocenters. The highest BCUT2D eigenvalue weighted by Gasteiger charge is 2.15. The molecule has 0 saturated carbocycles. The van der Waals surface area contributed by atoms with Crippen LogP contribution in [0.1, 0.15) is 23.6 Å². The fourth-order valence-electron chi connectivity index (χ4n) is 1.65. The van der Waals surface area contributed by atoms with Gasteiger partial charge in [-0.3, -0.25) is 0 Å². The van der Waals surface area contributed by atoms with Gasteiger partial charge in [0.2, 0.25) is 0 Å². The molecule has 0 bridgehead atoms. The van der Waals surface area contributed by atoms with E-state index in [-0.39, 0.29) is 0 Å². The summed E-state index contributed by atoms with van der Waals surface area (Å²) < 4.78 is 0. The first-order valence-corrected chi connectivity index (χ1v) is 14.3. The van der Waals surface area contributed by atoms with E-state index in [4.69, 9.17) is 55.9 Å². The SMILES string of the molecule is CC(c1ccccc1)[Si](Cl)Cl.Clc1ccccc1C[Si](Cl)Cl. The molecule has 2 radical (unpaired) electrons. The summed E-state index contributed by atoms with van der Waals surface area (Å²) in [6, 6.07) is 18.4. The molecule has 0 heterocycles. The van der Waals surface area contributed by atoms with E-state index < -0.39 is 14.8 Å². The predicted octanol–water partition coefficient (Wildman–Crippen LogP) is 6.68. The normalized spacial score (nSPS) is 12.0. The first kappa shape index (κ1) is 20.4. The number of benzene rings is 2. The molecule has 1 atom stereocenters. The summed E-state index contributed by atoms with van der Waals surface area (Å²) in [6.45, 7) is 2.06. The smallest absolute Gasteiger partial charge is 0.146 e. The maximum absolute atomic E-state index is 5.87. The lowest BCUT2D eigenvalue weighted by Gasteiger charge is -2.09. The van der Waals surface area contributed by atoms with Crippen molar-refractivity contribution < 1.29 is 0 Å². The van der Waals surface area contributed by atoms with Gasteiger partial charge in [-0.2, -0.15) is 0 Å². The molecular weight excluding hydrogens is 414 g/mol. The van der Waals surface area contributed by atoms with Gasteiger partial charge < -0.3 is 0 Å². The Labute approximate surface area is 159 Å². The first-order valence-electron chi connectivity index (χ1n) is 6.54. The Bertz CT molecular complexity index is 549. The molecule has 0 saturated heterocycles. The molecule has 0 N–H and O–H groups in total. The van der Waals surface area contributed by atoms with Crippen molar-refractivity contribution in [3.05, 3.63) is 70.7 Å². The van der Waals surface area contributed by atoms with Crippen molar-refractivity contribution in [3.63, 3.8) is 0 Å². The largest absolute Gasteiger partial charge is 0.281 e. The fourth-order valence-corrected chi connectivity index (χ4v) is 4.63. The Balaban J connectivity index is 0.000000220. The zero-order valence-electron chi connectivity index (χ0n) is 11.9. The van der Waals surface area contributed by atoms with E-state index in [9.17, 15) is 0 Å². The van der Waals surface area contributed by atoms with Gasteiger partial charge in [-0.25, -0.2) is 0 Å². The Morgan fingerprint density at radius 1 is 0.864 bits per heavy atom. The second-order valence-electron chi connectivity index (χ2n) is 4.53. The minimum atomic E-state index is -1.25. The highest BCUT2D eigenvalue weighted by Crippen LogP contribution is 2.22. The Morgan fingerprint density at radius 3 is 1.91 bits per heavy atom. The van der Waals surface area contributed by atoms with Gasteiger partial charge in [0.15, 0.2) is 0 Å². The second kappa shape index (κ2) is 11.0. The van der Waals surface area contributed by atoms with E-state index in [0.717, 1.165) is 10.6 Å². The monoisotopic (exact) mass is 426 g/mol. The minimum Gasteiger partial charge on any atom is -0.146 e. The topological polar surface area (TPSA) is 0 Å². The predicted molar refractivity (Wildman–Crippen MR) is 105 cm³/mol. The van der Waals surface area contributed by atoms with Crippen LogP contribution >= 0.6 is 55.9 Å². The molecule has 2 aromatic rings. The lowest BCUT2D eigenvalue weighted by atomic mass is 10.2. The van der Waals surface area contributed by atoms with Crippen LogP contribution in [-0.2, 0) is 6.04 Å². The molecule has 2 aromatic carbocycles. The van der Waals surface area contributed by atoms with Gasteiger partial charge in [0.25, 0.3) is 14.8 Å². The Morgan fingerprint density at radius 2 is 1.41 bits per heavy atom. The first-order chi connectivity index (χ1) is 10.4. The third-order valence-electron chi connectivity index (χ3n) is 2.91. The molecule has 0 aliphatic heterocycles. The van der Waals surface area contributed by atoms with E-state index in [1.807, 2.05) is 42.5 Å². The van der Waals surface area contributed by atoms with Crippen LogP contribution in [-0.4, -0.2) is 14.8 Å². The van der Waals surface area contributed by atoms with Gasteiger partial charge in [-0.05, 0) is 23.2 Å². The summed E-state index contributed by atoms with van der Waals surface area (Å²) in [5.74, 6) is 0. The van der Waals surface area contributed by atoms with Crippen LogP contribution < -0.4 is 0 Å². The summed E-state index contributed by atoms with van der Waals surface area (Å²) in [6.07, 6.45) is 0. The third-order valence-corrected chi connectivity index (χ3v) is 7.68. The molecule has 0 aliphatic rings. The van der Waals surface area contributed by atoms with Crippen LogP contribution in [0.3, 0.4) is 0 Å². The van der Waals surface area contributed by atoms with Crippen molar-refractivity contribution in [3.8, 4) is 0 Å². The van der Waals surface area contributed by atoms with Crippen molar-refractivity contribution >= 4 is 70.7 Å². The van der Waals surface area contributed by atoms with E-state index in [0.29, 0.717) is 11.6 Å². The van der Waals surface area contributed by atoms with E-state index in [1.54, 1.807) is 0 Å². The van der Waals surface area contributed by atoms with Gasteiger partial charge >= 0.3 is 0 Å². The van der Waals surface area contributed by atoms with Gasteiger partial charge in [-0.1, -0.05) is 67.1 Å². The summed E-state index contributed by atoms with van der Waals surface area (Å²) in [7, 11) is -2.47. The van der Waals surface area contributed by atoms with Gasteiger partial charge in [0.1, 0.15) is 0 Å². The molecule has 0 aliphatic carbocycles. The van der Waals surface area contributed by atoms with E-state index in [2.05, 4.69) is 19.1 Å². The van der Waals surface area contributed by atoms with Crippen molar-refractivity contribution in [1.29, 1.82) is 0 Å². The molecule has 0 amide bonds. The fraction of sp³-hybridized carbons (Fsp3) is 0.200. The second-order valence-corrected chi connectivity index (χ2v) is 13.8. The number of hydrogen-bond acceptors (Lipinski definition) is 0. The van der Waals surface area contributed by atoms with Crippen LogP contribution in [0.2, 0.25) is 5.02 Å². The minimum absolute atomic E-state index is 0.310. The maximum atomic E-state index is 5.87. The molecule has 0 nitrogen and oxygen atoms in total. The van der Waals surface area contributed by atoms with Crippen molar-refractivity contribution in [1.82, 2.24) is 0 Å². The number of rotatable bonds is 4. The summed E-state index contributed by atoms with van der Waals surface area (Å²) >= 11 is 28.9. The van der Waals surface area contributed by atoms with Crippen LogP contribution in [0.15, 0.2) is 54.6 Å². The molecule has 2 rings (SSSR count). The van der Waals surface area contributed by atoms with E-state index in [1.165, 1.54) is 5.56 Å². The van der Waals surface area contributed by atoms with Gasteiger partial charge in [0.05, 0.1) is 0 Å². The number of halogens is 5. The average molecular weight is 429 g/mol. The quantitative estimate of drug-likeness (QED) is 0.376. The average Bonchev–Trinajstić information content (AvgIpc) is 2.50. The van der Waals surface area contributed by atoms with E-state index >= 15 is 0 Å². The standard InChI is InChI=1S/C8H9Cl2Si.C7H6Cl3Si/c1-7(11(9)10)8-5-3-2-4-6-8;8-7-4-2-1-3-6(7)5-11(9)10/h2-7H,1H3;1-4H,5H2. The number of hydrogen-bond donors (Lipinski definition) is 0. The van der Waals surface area contributed by atoms with Crippen LogP contribution in [0.4, 0.5) is 0 Å². The van der Waals surface area contributed by atoms with Crippen molar-refractivity contribution in [2.45, 2.75) is 18.5 Å². The third kappa shape index (κ3) is 7.73. The molecular formula is C15H15Cl5Si2. The zero-order valence-corrected chi connectivity index (χ0v) is 17.7. The van der Waals surface area contributed by atoms with Gasteiger partial charge in [-0.15, -0.1) is 44.3 Å². The molecule has 22 heavy (non-hydrogen) atoms. The highest BCUT2D eigenvalue weighted by molar-refractivity contribution is 7.34. The molecule has 118 valence electrons. The highest BCUT2D eigenvalue weighted by atomic mass is 35.7. The Kier molecular flexibility index (Phi) is 10.2. The molecule has 0 spiro atoms. The lowest BCUT2D eigenvalue weighted by molar-refractivity contribution is 1.07. The molecule has 0 aromatic heterocycles. The molecule has 0 fully saturated rings. The summed E-state index contributed by atoms with van der Waals surface area (Å²) in [5, 5.41) is 0.747. The van der Waals surface area contributed by atoms with Crippen LogP contribution in [0.5, 0.6) is 0 Å². The lowest BCUT2D eigenvalue weighted by Crippen LogP contribution is -2.06. The van der Waals surface area contributed by atoms with Crippen LogP contribution in [0.25, 0.3) is 0 Å². The van der Waals surface area contributed by atoms with Gasteiger partial charge in [0, 0.05) is 10.6 Å². The molecule has 7 heteroatoms.